The van der Waals surface area contributed by atoms with Gasteiger partial charge in [-0.25, -0.2) is 0 Å². The molecule has 0 radical (unpaired) electrons. The van der Waals surface area contributed by atoms with Gasteiger partial charge in [-0.3, -0.25) is 14.4 Å². The predicted octanol–water partition coefficient (Wildman–Crippen LogP) is 1.99. The molecular weight excluding hydrogens is 358 g/mol. The zero-order valence-corrected chi connectivity index (χ0v) is 15.2. The smallest absolute Gasteiger partial charge is 0.251 e. The van der Waals surface area contributed by atoms with E-state index >= 15 is 0 Å². The largest absolute Gasteiger partial charge is 0.467 e. The van der Waals surface area contributed by atoms with Gasteiger partial charge in [0.05, 0.1) is 19.4 Å². The van der Waals surface area contributed by atoms with E-state index in [1.165, 1.54) is 6.26 Å². The standard InChI is InChI=1S/C21H21N3O4/c25-19(24-14-20(26)23-13-18-6-3-11-28-18)9-10-22-21(27)17-8-7-15-4-1-2-5-16(15)12-17/h1-8,11-12H,9-10,13-14H2,(H,22,27)(H,23,26)(H,24,25). The number of rotatable bonds is 8. The van der Waals surface area contributed by atoms with Crippen molar-refractivity contribution in [3.63, 3.8) is 0 Å². The fraction of sp³-hybridized carbons (Fsp3) is 0.190. The van der Waals surface area contributed by atoms with Gasteiger partial charge in [0.15, 0.2) is 0 Å². The van der Waals surface area contributed by atoms with Crippen molar-refractivity contribution in [2.24, 2.45) is 0 Å². The third-order valence-corrected chi connectivity index (χ3v) is 4.14. The van der Waals surface area contributed by atoms with Crippen LogP contribution in [0, 0.1) is 0 Å². The summed E-state index contributed by atoms with van der Waals surface area (Å²) in [6, 6.07) is 16.7. The van der Waals surface area contributed by atoms with E-state index in [1.54, 1.807) is 18.2 Å². The molecule has 3 N–H and O–H groups in total. The van der Waals surface area contributed by atoms with Gasteiger partial charge in [0, 0.05) is 18.5 Å². The molecule has 1 aromatic heterocycles. The molecule has 3 aromatic rings. The molecular formula is C21H21N3O4. The van der Waals surface area contributed by atoms with Crippen molar-refractivity contribution in [3.8, 4) is 0 Å². The Morgan fingerprint density at radius 2 is 1.64 bits per heavy atom. The molecule has 0 spiro atoms. The van der Waals surface area contributed by atoms with Crippen LogP contribution in [-0.4, -0.2) is 30.8 Å². The summed E-state index contributed by atoms with van der Waals surface area (Å²) >= 11 is 0. The molecule has 3 rings (SSSR count). The summed E-state index contributed by atoms with van der Waals surface area (Å²) in [6.45, 7) is 0.327. The summed E-state index contributed by atoms with van der Waals surface area (Å²) in [5.74, 6) is -0.234. The van der Waals surface area contributed by atoms with Crippen LogP contribution in [0.15, 0.2) is 65.3 Å². The van der Waals surface area contributed by atoms with E-state index in [2.05, 4.69) is 16.0 Å². The first kappa shape index (κ1) is 19.2. The molecule has 7 heteroatoms. The molecule has 0 aliphatic rings. The lowest BCUT2D eigenvalue weighted by molar-refractivity contribution is -0.126. The summed E-state index contributed by atoms with van der Waals surface area (Å²) < 4.78 is 5.10. The van der Waals surface area contributed by atoms with Crippen molar-refractivity contribution < 1.29 is 18.8 Å². The monoisotopic (exact) mass is 379 g/mol. The number of carbonyl (C=O) groups is 3. The second-order valence-electron chi connectivity index (χ2n) is 6.20. The minimum Gasteiger partial charge on any atom is -0.467 e. The Hall–Kier alpha value is -3.61. The number of furan rings is 1. The fourth-order valence-corrected chi connectivity index (χ4v) is 2.65. The number of fused-ring (bicyclic) bond motifs is 1. The van der Waals surface area contributed by atoms with Gasteiger partial charge in [0.2, 0.25) is 11.8 Å². The van der Waals surface area contributed by atoms with Gasteiger partial charge in [-0.1, -0.05) is 30.3 Å². The first-order chi connectivity index (χ1) is 13.6. The van der Waals surface area contributed by atoms with Crippen LogP contribution in [0.4, 0.5) is 0 Å². The summed E-state index contributed by atoms with van der Waals surface area (Å²) in [7, 11) is 0. The molecule has 0 saturated carbocycles. The lowest BCUT2D eigenvalue weighted by Gasteiger charge is -2.08. The highest BCUT2D eigenvalue weighted by molar-refractivity contribution is 5.98. The zero-order valence-electron chi connectivity index (χ0n) is 15.2. The summed E-state index contributed by atoms with van der Waals surface area (Å²) in [6.07, 6.45) is 1.61. The SMILES string of the molecule is O=C(CCNC(=O)c1ccc2ccccc2c1)NCC(=O)NCc1ccco1. The molecule has 0 bridgehead atoms. The first-order valence-electron chi connectivity index (χ1n) is 8.94. The van der Waals surface area contributed by atoms with Crippen molar-refractivity contribution in [2.45, 2.75) is 13.0 Å². The highest BCUT2D eigenvalue weighted by atomic mass is 16.3. The maximum absolute atomic E-state index is 12.2. The number of hydrogen-bond donors (Lipinski definition) is 3. The van der Waals surface area contributed by atoms with Crippen LogP contribution in [0.1, 0.15) is 22.5 Å². The van der Waals surface area contributed by atoms with Crippen molar-refractivity contribution in [2.75, 3.05) is 13.1 Å². The minimum absolute atomic E-state index is 0.0881. The minimum atomic E-state index is -0.315. The second kappa shape index (κ2) is 9.36. The van der Waals surface area contributed by atoms with Crippen molar-refractivity contribution >= 4 is 28.5 Å². The summed E-state index contributed by atoms with van der Waals surface area (Å²) in [5, 5.41) is 9.90. The van der Waals surface area contributed by atoms with Crippen LogP contribution in [0.25, 0.3) is 10.8 Å². The van der Waals surface area contributed by atoms with Crippen LogP contribution in [0.2, 0.25) is 0 Å². The van der Waals surface area contributed by atoms with Gasteiger partial charge in [-0.05, 0) is 35.0 Å². The van der Waals surface area contributed by atoms with Gasteiger partial charge < -0.3 is 20.4 Å². The number of hydrogen-bond acceptors (Lipinski definition) is 4. The third kappa shape index (κ3) is 5.44. The zero-order chi connectivity index (χ0) is 19.8. The van der Waals surface area contributed by atoms with Crippen molar-refractivity contribution in [3.05, 3.63) is 72.2 Å². The van der Waals surface area contributed by atoms with Crippen molar-refractivity contribution in [1.82, 2.24) is 16.0 Å². The Kier molecular flexibility index (Phi) is 6.41. The molecule has 0 fully saturated rings. The Morgan fingerprint density at radius 1 is 0.821 bits per heavy atom. The molecule has 3 amide bonds. The van der Waals surface area contributed by atoms with E-state index in [4.69, 9.17) is 4.42 Å². The number of nitrogens with one attached hydrogen (secondary N) is 3. The highest BCUT2D eigenvalue weighted by Gasteiger charge is 2.09. The lowest BCUT2D eigenvalue weighted by atomic mass is 10.1. The van der Waals surface area contributed by atoms with Crippen LogP contribution in [0.3, 0.4) is 0 Å². The fourth-order valence-electron chi connectivity index (χ4n) is 2.65. The van der Waals surface area contributed by atoms with Crippen LogP contribution in [0.5, 0.6) is 0 Å². The Balaban J connectivity index is 1.36. The van der Waals surface area contributed by atoms with Gasteiger partial charge in [0.1, 0.15) is 5.76 Å². The molecule has 0 aliphatic heterocycles. The van der Waals surface area contributed by atoms with Crippen LogP contribution in [-0.2, 0) is 16.1 Å². The molecule has 0 atom stereocenters. The molecule has 0 unspecified atom stereocenters. The topological polar surface area (TPSA) is 100 Å². The van der Waals surface area contributed by atoms with Crippen LogP contribution >= 0.6 is 0 Å². The molecule has 28 heavy (non-hydrogen) atoms. The van der Waals surface area contributed by atoms with E-state index in [0.717, 1.165) is 10.8 Å². The highest BCUT2D eigenvalue weighted by Crippen LogP contribution is 2.15. The van der Waals surface area contributed by atoms with Gasteiger partial charge in [0.25, 0.3) is 5.91 Å². The van der Waals surface area contributed by atoms with E-state index in [0.29, 0.717) is 11.3 Å². The Bertz CT molecular complexity index is 967. The van der Waals surface area contributed by atoms with E-state index in [-0.39, 0.29) is 43.8 Å². The molecule has 0 aliphatic carbocycles. The van der Waals surface area contributed by atoms with E-state index < -0.39 is 0 Å². The number of amides is 3. The Morgan fingerprint density at radius 3 is 2.43 bits per heavy atom. The van der Waals surface area contributed by atoms with E-state index in [1.807, 2.05) is 36.4 Å². The van der Waals surface area contributed by atoms with Crippen molar-refractivity contribution in [1.29, 1.82) is 0 Å². The van der Waals surface area contributed by atoms with Gasteiger partial charge >= 0.3 is 0 Å². The molecule has 0 saturated heterocycles. The van der Waals surface area contributed by atoms with Gasteiger partial charge in [-0.15, -0.1) is 0 Å². The van der Waals surface area contributed by atoms with Gasteiger partial charge in [-0.2, -0.15) is 0 Å². The second-order valence-corrected chi connectivity index (χ2v) is 6.20. The third-order valence-electron chi connectivity index (χ3n) is 4.14. The normalized spacial score (nSPS) is 10.4. The molecule has 1 heterocycles. The lowest BCUT2D eigenvalue weighted by Crippen LogP contribution is -2.38. The number of benzene rings is 2. The molecule has 2 aromatic carbocycles. The Labute approximate surface area is 162 Å². The average molecular weight is 379 g/mol. The van der Waals surface area contributed by atoms with E-state index in [9.17, 15) is 14.4 Å². The molecule has 144 valence electrons. The molecule has 7 nitrogen and oxygen atoms in total. The summed E-state index contributed by atoms with van der Waals surface area (Å²) in [4.78, 5) is 35.7. The predicted molar refractivity (Wildman–Crippen MR) is 104 cm³/mol. The first-order valence-corrected chi connectivity index (χ1v) is 8.94. The maximum atomic E-state index is 12.2. The van der Waals surface area contributed by atoms with Crippen LogP contribution < -0.4 is 16.0 Å². The summed E-state index contributed by atoms with van der Waals surface area (Å²) in [5.41, 5.74) is 0.538. The quantitative estimate of drug-likeness (QED) is 0.557. The number of carbonyl (C=O) groups excluding carboxylic acids is 3. The maximum Gasteiger partial charge on any atom is 0.251 e. The average Bonchev–Trinajstić information content (AvgIpc) is 3.24.